The molecule has 32 heavy (non-hydrogen) atoms. The minimum Gasteiger partial charge on any atom is -0.336 e. The monoisotopic (exact) mass is 451 g/mol. The van der Waals surface area contributed by atoms with Crippen molar-refractivity contribution in [2.24, 2.45) is 5.92 Å². The number of piperidine rings is 1. The van der Waals surface area contributed by atoms with Gasteiger partial charge in [0.25, 0.3) is 5.91 Å². The summed E-state index contributed by atoms with van der Waals surface area (Å²) >= 11 is 5.96. The lowest BCUT2D eigenvalue weighted by Crippen LogP contribution is -2.45. The Morgan fingerprint density at radius 3 is 2.66 bits per heavy atom. The maximum absolute atomic E-state index is 13.2. The third-order valence-corrected chi connectivity index (χ3v) is 5.63. The van der Waals surface area contributed by atoms with E-state index in [4.69, 9.17) is 11.6 Å². The number of anilines is 1. The number of aromatic nitrogens is 3. The molecule has 0 bridgehead atoms. The van der Waals surface area contributed by atoms with Crippen LogP contribution in [0.25, 0.3) is 5.69 Å². The van der Waals surface area contributed by atoms with Crippen LogP contribution in [0, 0.1) is 12.8 Å². The number of hydrogen-bond acceptors (Lipinski definition) is 5. The van der Waals surface area contributed by atoms with E-state index in [1.807, 2.05) is 0 Å². The SMILES string of the molecule is Cc1cc(=O)c(C(=O)N2CCC[C@H](C(=O)Nc3ccccn3)C2)nn1-c1ccc(Cl)cc1. The molecule has 1 fully saturated rings. The summed E-state index contributed by atoms with van der Waals surface area (Å²) < 4.78 is 1.54. The average molecular weight is 452 g/mol. The number of amides is 2. The highest BCUT2D eigenvalue weighted by molar-refractivity contribution is 6.30. The Hall–Kier alpha value is -3.52. The van der Waals surface area contributed by atoms with E-state index in [0.717, 1.165) is 0 Å². The molecule has 0 unspecified atom stereocenters. The van der Waals surface area contributed by atoms with Crippen LogP contribution in [0.3, 0.4) is 0 Å². The molecular weight excluding hydrogens is 430 g/mol. The summed E-state index contributed by atoms with van der Waals surface area (Å²) in [5, 5.41) is 7.70. The number of aryl methyl sites for hydroxylation is 1. The molecule has 164 valence electrons. The number of carbonyl (C=O) groups is 2. The molecule has 0 radical (unpaired) electrons. The molecule has 2 aromatic heterocycles. The quantitative estimate of drug-likeness (QED) is 0.657. The number of likely N-dealkylation sites (tertiary alicyclic amines) is 1. The number of benzene rings is 1. The predicted molar refractivity (Wildman–Crippen MR) is 121 cm³/mol. The molecule has 0 spiro atoms. The van der Waals surface area contributed by atoms with Gasteiger partial charge in [-0.2, -0.15) is 5.10 Å². The topological polar surface area (TPSA) is 97.2 Å². The first-order valence-electron chi connectivity index (χ1n) is 10.3. The number of pyridine rings is 1. The number of halogens is 1. The minimum absolute atomic E-state index is 0.170. The van der Waals surface area contributed by atoms with Gasteiger partial charge >= 0.3 is 0 Å². The lowest BCUT2D eigenvalue weighted by Gasteiger charge is -2.31. The van der Waals surface area contributed by atoms with Crippen LogP contribution >= 0.6 is 11.6 Å². The molecule has 0 saturated carbocycles. The first-order chi connectivity index (χ1) is 15.4. The molecule has 1 atom stereocenters. The van der Waals surface area contributed by atoms with Crippen LogP contribution in [0.1, 0.15) is 29.0 Å². The molecule has 9 heteroatoms. The van der Waals surface area contributed by atoms with Crippen LogP contribution in [-0.4, -0.2) is 44.6 Å². The van der Waals surface area contributed by atoms with Gasteiger partial charge in [0.2, 0.25) is 11.3 Å². The number of hydrogen-bond donors (Lipinski definition) is 1. The van der Waals surface area contributed by atoms with E-state index in [-0.39, 0.29) is 18.1 Å². The van der Waals surface area contributed by atoms with Crippen molar-refractivity contribution >= 4 is 29.2 Å². The Bertz CT molecular complexity index is 1190. The van der Waals surface area contributed by atoms with Crippen molar-refractivity contribution in [3.8, 4) is 5.69 Å². The molecule has 0 aliphatic carbocycles. The molecule has 8 nitrogen and oxygen atoms in total. The summed E-state index contributed by atoms with van der Waals surface area (Å²) in [4.78, 5) is 44.1. The lowest BCUT2D eigenvalue weighted by atomic mass is 9.97. The van der Waals surface area contributed by atoms with Gasteiger partial charge in [-0.1, -0.05) is 17.7 Å². The van der Waals surface area contributed by atoms with E-state index in [1.54, 1.807) is 60.3 Å². The van der Waals surface area contributed by atoms with E-state index in [2.05, 4.69) is 15.4 Å². The third-order valence-electron chi connectivity index (χ3n) is 5.38. The smallest absolute Gasteiger partial charge is 0.278 e. The summed E-state index contributed by atoms with van der Waals surface area (Å²) in [5.74, 6) is -0.602. The van der Waals surface area contributed by atoms with Crippen molar-refractivity contribution in [1.82, 2.24) is 19.7 Å². The highest BCUT2D eigenvalue weighted by atomic mass is 35.5. The van der Waals surface area contributed by atoms with Crippen LogP contribution in [0.15, 0.2) is 59.5 Å². The predicted octanol–water partition coefficient (Wildman–Crippen LogP) is 3.08. The summed E-state index contributed by atoms with van der Waals surface area (Å²) in [6.07, 6.45) is 2.91. The van der Waals surface area contributed by atoms with Gasteiger partial charge in [-0.15, -0.1) is 0 Å². The van der Waals surface area contributed by atoms with Gasteiger partial charge in [-0.3, -0.25) is 14.4 Å². The second-order valence-corrected chi connectivity index (χ2v) is 8.12. The fourth-order valence-corrected chi connectivity index (χ4v) is 3.86. The van der Waals surface area contributed by atoms with Crippen molar-refractivity contribution in [2.75, 3.05) is 18.4 Å². The summed E-state index contributed by atoms with van der Waals surface area (Å²) in [7, 11) is 0. The van der Waals surface area contributed by atoms with Crippen LogP contribution in [0.5, 0.6) is 0 Å². The molecule has 3 heterocycles. The van der Waals surface area contributed by atoms with E-state index in [1.165, 1.54) is 11.0 Å². The number of nitrogens with one attached hydrogen (secondary N) is 1. The van der Waals surface area contributed by atoms with Gasteiger partial charge in [0.05, 0.1) is 11.6 Å². The van der Waals surface area contributed by atoms with Crippen molar-refractivity contribution in [2.45, 2.75) is 19.8 Å². The Morgan fingerprint density at radius 2 is 1.94 bits per heavy atom. The zero-order valence-electron chi connectivity index (χ0n) is 17.5. The Balaban J connectivity index is 1.54. The molecular formula is C23H22ClN5O3. The largest absolute Gasteiger partial charge is 0.336 e. The first kappa shape index (κ1) is 21.7. The molecule has 2 amide bonds. The average Bonchev–Trinajstić information content (AvgIpc) is 2.80. The maximum atomic E-state index is 13.2. The van der Waals surface area contributed by atoms with Gasteiger partial charge < -0.3 is 10.2 Å². The van der Waals surface area contributed by atoms with Gasteiger partial charge in [0.1, 0.15) is 5.82 Å². The van der Waals surface area contributed by atoms with Gasteiger partial charge in [-0.05, 0) is 56.2 Å². The van der Waals surface area contributed by atoms with Gasteiger partial charge in [0.15, 0.2) is 5.69 Å². The highest BCUT2D eigenvalue weighted by Crippen LogP contribution is 2.20. The maximum Gasteiger partial charge on any atom is 0.278 e. The van der Waals surface area contributed by atoms with Gasteiger partial charge in [-0.25, -0.2) is 9.67 Å². The van der Waals surface area contributed by atoms with Crippen molar-refractivity contribution in [1.29, 1.82) is 0 Å². The van der Waals surface area contributed by atoms with Crippen molar-refractivity contribution in [3.05, 3.63) is 81.4 Å². The normalized spacial score (nSPS) is 15.9. The zero-order valence-corrected chi connectivity index (χ0v) is 18.2. The molecule has 3 aromatic rings. The fourth-order valence-electron chi connectivity index (χ4n) is 3.73. The number of carbonyl (C=O) groups excluding carboxylic acids is 2. The second kappa shape index (κ2) is 9.32. The lowest BCUT2D eigenvalue weighted by molar-refractivity contribution is -0.121. The van der Waals surface area contributed by atoms with Crippen LogP contribution in [0.2, 0.25) is 5.02 Å². The Labute approximate surface area is 189 Å². The van der Waals surface area contributed by atoms with Crippen molar-refractivity contribution < 1.29 is 9.59 Å². The van der Waals surface area contributed by atoms with Crippen LogP contribution in [-0.2, 0) is 4.79 Å². The zero-order chi connectivity index (χ0) is 22.7. The molecule has 1 aromatic carbocycles. The highest BCUT2D eigenvalue weighted by Gasteiger charge is 2.31. The standard InChI is InChI=1S/C23H22ClN5O3/c1-15-13-19(30)21(27-29(15)18-9-7-17(24)8-10-18)23(32)28-12-4-5-16(14-28)22(31)26-20-6-2-3-11-25-20/h2-3,6-11,13,16H,4-5,12,14H2,1H3,(H,25,26,31)/t16-/m0/s1. The van der Waals surface area contributed by atoms with E-state index in [9.17, 15) is 14.4 Å². The van der Waals surface area contributed by atoms with Crippen molar-refractivity contribution in [3.63, 3.8) is 0 Å². The fraction of sp³-hybridized carbons (Fsp3) is 0.261. The van der Waals surface area contributed by atoms with E-state index >= 15 is 0 Å². The second-order valence-electron chi connectivity index (χ2n) is 7.68. The third kappa shape index (κ3) is 4.70. The number of rotatable bonds is 4. The van der Waals surface area contributed by atoms with Gasteiger partial charge in [0, 0.05) is 36.1 Å². The Kier molecular flexibility index (Phi) is 6.32. The van der Waals surface area contributed by atoms with E-state index in [0.29, 0.717) is 41.6 Å². The molecule has 1 N–H and O–H groups in total. The van der Waals surface area contributed by atoms with E-state index < -0.39 is 17.3 Å². The Morgan fingerprint density at radius 1 is 1.16 bits per heavy atom. The number of nitrogens with zero attached hydrogens (tertiary/aromatic N) is 4. The molecule has 1 aliphatic rings. The summed E-state index contributed by atoms with van der Waals surface area (Å²) in [6.45, 7) is 2.42. The molecule has 1 aliphatic heterocycles. The first-order valence-corrected chi connectivity index (χ1v) is 10.7. The summed E-state index contributed by atoms with van der Waals surface area (Å²) in [5.41, 5.74) is 0.668. The minimum atomic E-state index is -0.479. The van der Waals surface area contributed by atoms with Crippen LogP contribution in [0.4, 0.5) is 5.82 Å². The molecule has 1 saturated heterocycles. The van der Waals surface area contributed by atoms with Crippen LogP contribution < -0.4 is 10.7 Å². The summed E-state index contributed by atoms with van der Waals surface area (Å²) in [6, 6.07) is 13.6. The molecule has 4 rings (SSSR count).